The van der Waals surface area contributed by atoms with Crippen molar-refractivity contribution in [3.63, 3.8) is 0 Å². The van der Waals surface area contributed by atoms with E-state index in [1.807, 2.05) is 11.8 Å². The second-order valence-corrected chi connectivity index (χ2v) is 12.4. The summed E-state index contributed by atoms with van der Waals surface area (Å²) in [6.07, 6.45) is -1.76. The standard InChI is InChI=1S/C31H41F3N10O3/c1-19-17-23(41-40-19)26-29(36-20-7-15-46-16-8-20)39-30(27(38-26)28(35)45)37-21-3-4-24(25(18-21)47-31(32,33)34)44-9-5-22(6-10-44)43-13-11-42(2)12-14-43/h3-4,17-18,20,22H,5-16H2,1-2H3,(H2,35,45)(H,40,41)(H2,36,37,39). The average Bonchev–Trinajstić information content (AvgIpc) is 3.47. The molecule has 5 heterocycles. The van der Waals surface area contributed by atoms with Crippen LogP contribution >= 0.6 is 0 Å². The van der Waals surface area contributed by atoms with Gasteiger partial charge in [0.2, 0.25) is 0 Å². The summed E-state index contributed by atoms with van der Waals surface area (Å²) >= 11 is 0. The number of hydrogen-bond acceptors (Lipinski definition) is 11. The number of nitrogens with two attached hydrogens (primary N) is 1. The molecule has 0 radical (unpaired) electrons. The first-order valence-corrected chi connectivity index (χ1v) is 16.0. The number of halogens is 3. The predicted molar refractivity (Wildman–Crippen MR) is 171 cm³/mol. The molecule has 254 valence electrons. The Morgan fingerprint density at radius 2 is 1.74 bits per heavy atom. The van der Waals surface area contributed by atoms with Crippen molar-refractivity contribution < 1.29 is 27.4 Å². The highest BCUT2D eigenvalue weighted by atomic mass is 19.4. The molecule has 47 heavy (non-hydrogen) atoms. The van der Waals surface area contributed by atoms with Crippen molar-refractivity contribution in [2.45, 2.75) is 51.1 Å². The minimum atomic E-state index is -4.91. The van der Waals surface area contributed by atoms with Gasteiger partial charge in [-0.2, -0.15) is 5.10 Å². The number of carbonyl (C=O) groups is 1. The lowest BCUT2D eigenvalue weighted by molar-refractivity contribution is -0.274. The van der Waals surface area contributed by atoms with Gasteiger partial charge in [-0.15, -0.1) is 13.2 Å². The molecule has 0 bridgehead atoms. The van der Waals surface area contributed by atoms with Crippen LogP contribution in [0.3, 0.4) is 0 Å². The minimum absolute atomic E-state index is 0.0123. The van der Waals surface area contributed by atoms with Crippen LogP contribution in [0.2, 0.25) is 0 Å². The van der Waals surface area contributed by atoms with Gasteiger partial charge in [-0.3, -0.25) is 14.8 Å². The lowest BCUT2D eigenvalue weighted by Gasteiger charge is -2.42. The summed E-state index contributed by atoms with van der Waals surface area (Å²) in [5.74, 6) is -0.875. The molecule has 6 rings (SSSR count). The molecule has 0 saturated carbocycles. The van der Waals surface area contributed by atoms with E-state index in [2.05, 4.69) is 52.4 Å². The fraction of sp³-hybridized carbons (Fsp3) is 0.548. The second-order valence-electron chi connectivity index (χ2n) is 12.4. The SMILES string of the molecule is Cc1cc(-c2nc(C(N)=O)c(Nc3ccc(N4CCC(N5CCN(C)CC5)CC4)c(OC(F)(F)F)c3)nc2NC2CCOCC2)n[nH]1. The molecule has 0 aliphatic carbocycles. The van der Waals surface area contributed by atoms with Crippen LogP contribution in [0.25, 0.3) is 11.4 Å². The highest BCUT2D eigenvalue weighted by Crippen LogP contribution is 2.38. The third-order valence-electron chi connectivity index (χ3n) is 8.95. The summed E-state index contributed by atoms with van der Waals surface area (Å²) in [5.41, 5.74) is 7.66. The molecular formula is C31H41F3N10O3. The number of nitrogens with one attached hydrogen (secondary N) is 3. The Bertz CT molecular complexity index is 1550. The fourth-order valence-corrected chi connectivity index (χ4v) is 6.40. The summed E-state index contributed by atoms with van der Waals surface area (Å²) < 4.78 is 51.0. The zero-order valence-electron chi connectivity index (χ0n) is 26.6. The number of aromatic amines is 1. The number of benzene rings is 1. The van der Waals surface area contributed by atoms with Crippen molar-refractivity contribution in [2.75, 3.05) is 75.1 Å². The molecule has 13 nitrogen and oxygen atoms in total. The average molecular weight is 659 g/mol. The van der Waals surface area contributed by atoms with Crippen LogP contribution in [0.4, 0.5) is 36.2 Å². The number of nitrogens with zero attached hydrogens (tertiary/aromatic N) is 6. The third kappa shape index (κ3) is 8.05. The summed E-state index contributed by atoms with van der Waals surface area (Å²) in [4.78, 5) is 28.5. The first kappa shape index (κ1) is 32.8. The molecule has 0 unspecified atom stereocenters. The van der Waals surface area contributed by atoms with Crippen molar-refractivity contribution in [3.8, 4) is 17.1 Å². The molecule has 3 saturated heterocycles. The number of piperazine rings is 1. The van der Waals surface area contributed by atoms with Gasteiger partial charge in [0.25, 0.3) is 5.91 Å². The second kappa shape index (κ2) is 13.9. The van der Waals surface area contributed by atoms with Crippen molar-refractivity contribution >= 4 is 28.9 Å². The Balaban J connectivity index is 1.28. The van der Waals surface area contributed by atoms with Crippen molar-refractivity contribution in [1.29, 1.82) is 0 Å². The Hall–Kier alpha value is -4.15. The molecule has 3 fully saturated rings. The molecule has 3 aromatic rings. The number of H-pyrrole nitrogens is 1. The third-order valence-corrected chi connectivity index (χ3v) is 8.95. The number of likely N-dealkylation sites (N-methyl/N-ethyl adjacent to an activating group) is 1. The highest BCUT2D eigenvalue weighted by molar-refractivity contribution is 5.97. The maximum absolute atomic E-state index is 13.7. The van der Waals surface area contributed by atoms with Gasteiger partial charge in [0.05, 0.1) is 5.69 Å². The molecule has 16 heteroatoms. The van der Waals surface area contributed by atoms with E-state index in [-0.39, 0.29) is 29.0 Å². The van der Waals surface area contributed by atoms with E-state index in [9.17, 15) is 18.0 Å². The fourth-order valence-electron chi connectivity index (χ4n) is 6.40. The maximum Gasteiger partial charge on any atom is 0.573 e. The number of amides is 1. The molecule has 3 aliphatic heterocycles. The zero-order chi connectivity index (χ0) is 33.1. The molecular weight excluding hydrogens is 617 g/mol. The topological polar surface area (TPSA) is 150 Å². The van der Waals surface area contributed by atoms with E-state index in [4.69, 9.17) is 10.5 Å². The van der Waals surface area contributed by atoms with Gasteiger partial charge in [0, 0.05) is 82.0 Å². The molecule has 0 spiro atoms. The number of aromatic nitrogens is 4. The van der Waals surface area contributed by atoms with E-state index < -0.39 is 12.3 Å². The van der Waals surface area contributed by atoms with Crippen LogP contribution in [0, 0.1) is 6.92 Å². The van der Waals surface area contributed by atoms with Crippen LogP contribution in [-0.2, 0) is 4.74 Å². The van der Waals surface area contributed by atoms with Crippen molar-refractivity contribution in [3.05, 3.63) is 35.7 Å². The zero-order valence-corrected chi connectivity index (χ0v) is 26.6. The monoisotopic (exact) mass is 658 g/mol. The van der Waals surface area contributed by atoms with E-state index in [0.717, 1.165) is 57.6 Å². The van der Waals surface area contributed by atoms with E-state index >= 15 is 0 Å². The van der Waals surface area contributed by atoms with Gasteiger partial charge in [-0.1, -0.05) is 0 Å². The molecule has 1 amide bonds. The van der Waals surface area contributed by atoms with Crippen LogP contribution in [0.15, 0.2) is 24.3 Å². The number of aryl methyl sites for hydroxylation is 1. The summed E-state index contributed by atoms with van der Waals surface area (Å²) in [7, 11) is 2.11. The largest absolute Gasteiger partial charge is 0.573 e. The summed E-state index contributed by atoms with van der Waals surface area (Å²) in [5, 5.41) is 13.5. The van der Waals surface area contributed by atoms with Crippen molar-refractivity contribution in [1.82, 2.24) is 30.0 Å². The van der Waals surface area contributed by atoms with E-state index in [1.165, 1.54) is 6.07 Å². The van der Waals surface area contributed by atoms with Crippen LogP contribution < -0.4 is 26.0 Å². The summed E-state index contributed by atoms with van der Waals surface area (Å²) in [6.45, 7) is 8.21. The molecule has 0 atom stereocenters. The maximum atomic E-state index is 13.7. The van der Waals surface area contributed by atoms with Crippen LogP contribution in [-0.4, -0.2) is 114 Å². The molecule has 5 N–H and O–H groups in total. The van der Waals surface area contributed by atoms with E-state index in [0.29, 0.717) is 55.2 Å². The van der Waals surface area contributed by atoms with Crippen LogP contribution in [0.5, 0.6) is 5.75 Å². The Kier molecular flexibility index (Phi) is 9.70. The number of carbonyl (C=O) groups excluding carboxylic acids is 1. The molecule has 2 aromatic heterocycles. The number of piperidine rings is 1. The van der Waals surface area contributed by atoms with Crippen molar-refractivity contribution in [2.24, 2.45) is 5.73 Å². The van der Waals surface area contributed by atoms with Gasteiger partial charge in [0.1, 0.15) is 11.4 Å². The van der Waals surface area contributed by atoms with Gasteiger partial charge in [0.15, 0.2) is 23.1 Å². The number of hydrogen-bond donors (Lipinski definition) is 4. The summed E-state index contributed by atoms with van der Waals surface area (Å²) in [6, 6.07) is 6.68. The number of anilines is 4. The van der Waals surface area contributed by atoms with Gasteiger partial charge in [-0.05, 0) is 57.9 Å². The minimum Gasteiger partial charge on any atom is -0.403 e. The van der Waals surface area contributed by atoms with E-state index in [1.54, 1.807) is 18.2 Å². The quantitative estimate of drug-likeness (QED) is 0.267. The van der Waals surface area contributed by atoms with Gasteiger partial charge < -0.3 is 35.6 Å². The predicted octanol–water partition coefficient (Wildman–Crippen LogP) is 3.72. The smallest absolute Gasteiger partial charge is 0.403 e. The Morgan fingerprint density at radius 1 is 1.02 bits per heavy atom. The number of ether oxygens (including phenoxy) is 2. The normalized spacial score (nSPS) is 19.1. The number of primary amides is 1. The molecule has 3 aliphatic rings. The first-order valence-electron chi connectivity index (χ1n) is 16.0. The first-order chi connectivity index (χ1) is 22.5. The Labute approximate surface area is 271 Å². The lowest BCUT2D eigenvalue weighted by Crippen LogP contribution is -2.52. The number of rotatable bonds is 9. The number of alkyl halides is 3. The van der Waals surface area contributed by atoms with Gasteiger partial charge in [-0.25, -0.2) is 9.97 Å². The highest BCUT2D eigenvalue weighted by Gasteiger charge is 2.34. The van der Waals surface area contributed by atoms with Gasteiger partial charge >= 0.3 is 6.36 Å². The van der Waals surface area contributed by atoms with Crippen LogP contribution in [0.1, 0.15) is 41.9 Å². The lowest BCUT2D eigenvalue weighted by atomic mass is 10.0. The molecule has 1 aromatic carbocycles. The Morgan fingerprint density at radius 3 is 2.38 bits per heavy atom.